The Hall–Kier alpha value is -9.16. The number of rotatable bonds is 30. The fourth-order valence-electron chi connectivity index (χ4n) is 20.1. The number of nitrogens with one attached hydrogen (secondary N) is 1. The largest absolute Gasteiger partial charge is 0.481 e. The summed E-state index contributed by atoms with van der Waals surface area (Å²) in [5, 5.41) is 12.8. The molecule has 0 radical (unpaired) electrons. The second-order valence-electron chi connectivity index (χ2n) is 37.3. The number of ether oxygens (including phenoxy) is 2. The zero-order chi connectivity index (χ0) is 86.4. The number of esters is 2. The minimum Gasteiger partial charge on any atom is -0.481 e. The van der Waals surface area contributed by atoms with Crippen LogP contribution in [0.4, 0.5) is 0 Å². The molecule has 1 heterocycles. The fourth-order valence-corrected chi connectivity index (χ4v) is 20.1. The third-order valence-electron chi connectivity index (χ3n) is 25.8. The highest BCUT2D eigenvalue weighted by molar-refractivity contribution is 6.48. The molecule has 0 aromatic heterocycles. The molecular formula is C105H135BClN3O12. The summed E-state index contributed by atoms with van der Waals surface area (Å²) in [7, 11) is -0.460. The summed E-state index contributed by atoms with van der Waals surface area (Å²) in [4.78, 5) is 87.9. The Labute approximate surface area is 733 Å². The Bertz CT molecular complexity index is 4720. The van der Waals surface area contributed by atoms with Crippen molar-refractivity contribution < 1.29 is 57.5 Å². The number of carboxylic acid groups (broad SMARTS) is 1. The van der Waals surface area contributed by atoms with Crippen LogP contribution in [0.2, 0.25) is 0 Å². The molecule has 122 heavy (non-hydrogen) atoms. The van der Waals surface area contributed by atoms with E-state index in [0.29, 0.717) is 93.7 Å². The molecule has 9 atom stereocenters. The van der Waals surface area contributed by atoms with Crippen molar-refractivity contribution in [3.63, 3.8) is 0 Å². The van der Waals surface area contributed by atoms with Crippen LogP contribution in [0.25, 0.3) is 44.5 Å². The summed E-state index contributed by atoms with van der Waals surface area (Å²) in [5.74, 6) is 0.337. The SMILES string of the molecule is C.CC(C)C[C@H](CC(=O)CC1c2ccccc2-c2ccccc21)C(=O)N[C@@H](CC(C)C)B1O[C@@H]2C[C@@H]3C[C@@H](C3(C)C)[C@]2(C)O1.CC(C)C[C@H](CC(=O)CC1c2ccccc2-c2ccccc21)C(=O)O.CCOC(=O)[C@@H](CC(=O)CC1c2ccccc2-c2ccccc21)CC(C)C.CCOC(=O)[C@@H](N)CC(C)C.Cl.NC1c2ccccc2-c2ccccc21. The lowest BCUT2D eigenvalue weighted by Crippen LogP contribution is -2.65. The Morgan fingerprint density at radius 1 is 0.443 bits per heavy atom. The molecule has 2 bridgehead atoms. The molecule has 0 unspecified atom stereocenters. The second-order valence-corrected chi connectivity index (χ2v) is 37.3. The summed E-state index contributed by atoms with van der Waals surface area (Å²) < 4.78 is 23.4. The van der Waals surface area contributed by atoms with Gasteiger partial charge in [0.2, 0.25) is 5.91 Å². The van der Waals surface area contributed by atoms with Crippen molar-refractivity contribution >= 4 is 60.7 Å². The van der Waals surface area contributed by atoms with Crippen molar-refractivity contribution in [1.82, 2.24) is 5.32 Å². The van der Waals surface area contributed by atoms with Gasteiger partial charge in [0.1, 0.15) is 23.4 Å². The highest BCUT2D eigenvalue weighted by Crippen LogP contribution is 2.66. The van der Waals surface area contributed by atoms with Crippen LogP contribution in [0.3, 0.4) is 0 Å². The molecule has 8 aromatic carbocycles. The molecule has 6 N–H and O–H groups in total. The van der Waals surface area contributed by atoms with Crippen LogP contribution >= 0.6 is 12.4 Å². The summed E-state index contributed by atoms with van der Waals surface area (Å²) in [6, 6.07) is 66.2. The second kappa shape index (κ2) is 43.4. The number of carbonyl (C=O) groups is 7. The van der Waals surface area contributed by atoms with Crippen molar-refractivity contribution in [3.05, 3.63) is 239 Å². The van der Waals surface area contributed by atoms with Crippen LogP contribution < -0.4 is 16.8 Å². The molecule has 1 saturated heterocycles. The number of benzene rings is 8. The van der Waals surface area contributed by atoms with Gasteiger partial charge in [-0.25, -0.2) is 0 Å². The maximum absolute atomic E-state index is 14.0. The topological polar surface area (TPSA) is 241 Å². The summed E-state index contributed by atoms with van der Waals surface area (Å²) in [6.07, 6.45) is 7.52. The normalized spacial score (nSPS) is 18.7. The first-order valence-corrected chi connectivity index (χ1v) is 44.3. The Morgan fingerprint density at radius 2 is 0.746 bits per heavy atom. The van der Waals surface area contributed by atoms with Gasteiger partial charge in [-0.1, -0.05) is 285 Å². The molecule has 652 valence electrons. The minimum atomic E-state index is -0.866. The summed E-state index contributed by atoms with van der Waals surface area (Å²) in [6.45, 7) is 32.1. The molecular weight excluding hydrogens is 1540 g/mol. The van der Waals surface area contributed by atoms with E-state index in [1.54, 1.807) is 13.8 Å². The van der Waals surface area contributed by atoms with Crippen LogP contribution in [0.15, 0.2) is 194 Å². The molecule has 1 amide bonds. The zero-order valence-electron chi connectivity index (χ0n) is 74.0. The lowest BCUT2D eigenvalue weighted by Gasteiger charge is -2.64. The van der Waals surface area contributed by atoms with Crippen LogP contribution in [-0.2, 0) is 52.3 Å². The Kier molecular flexibility index (Phi) is 34.4. The average molecular weight is 1680 g/mol. The van der Waals surface area contributed by atoms with Gasteiger partial charge in [-0.15, -0.1) is 12.4 Å². The number of hydrogen-bond acceptors (Lipinski definition) is 13. The number of Topliss-reactive ketones (excluding diaryl/α,β-unsaturated/α-hetero) is 3. The maximum atomic E-state index is 14.0. The number of nitrogens with two attached hydrogens (primary N) is 2. The van der Waals surface area contributed by atoms with Gasteiger partial charge in [-0.2, -0.15) is 0 Å². The Balaban J connectivity index is 0.000000186. The monoisotopic (exact) mass is 1680 g/mol. The van der Waals surface area contributed by atoms with Gasteiger partial charge in [0.05, 0.1) is 48.7 Å². The molecule has 15 nitrogen and oxygen atoms in total. The van der Waals surface area contributed by atoms with E-state index in [4.69, 9.17) is 30.2 Å². The van der Waals surface area contributed by atoms with E-state index in [2.05, 4.69) is 201 Å². The van der Waals surface area contributed by atoms with Gasteiger partial charge >= 0.3 is 25.0 Å². The standard InChI is InChI=1S/C37H50BNO4.C24H28O3.C22H24O3.C13H11N.C8H17NO2.CH4.ClH/c1-22(2)16-24(18-26(40)21-31-29-14-10-8-12-27(29)28-13-9-11-15-30(28)31)35(41)39-34(17-23(3)4)38-42-33-20-25-19-32(36(25,5)6)37(33,7)43-38;1-4-27-24(26)17(13-16(2)3)14-18(25)15-23-21-11-7-5-9-19(21)20-10-6-8-12-22(20)23;1-14(2)11-15(22(24)25)12-16(23)13-21-19-9-5-3-7-17(19)18-8-4-6-10-20(18)21;14-13-11-7-3-1-5-9(11)10-6-2-4-8-12(10)13;1-4-11-8(10)7(9)5-6(2)3;;/h8-15,22-25,31-34H,16-21H2,1-7H3,(H,39,41);5-12,16-17,23H,4,13-15H2,1-3H3;3-10,14-15,21H,11-13H2,1-2H3,(H,24,25);1-8,13H,14H2;6-7H,4-5,9H2,1-3H3;1H4;1H/t24-,25+,32+,33-,34+,37+;17-;15-;;7-;;/m111.0../s1. The first-order chi connectivity index (χ1) is 57.3. The number of aliphatic carboxylic acids is 1. The molecule has 4 fully saturated rings. The molecule has 0 spiro atoms. The van der Waals surface area contributed by atoms with Gasteiger partial charge in [-0.05, 0) is 202 Å². The third kappa shape index (κ3) is 22.9. The van der Waals surface area contributed by atoms with Gasteiger partial charge in [0, 0.05) is 62.2 Å². The van der Waals surface area contributed by atoms with Crippen molar-refractivity contribution in [2.24, 2.45) is 76.1 Å². The predicted molar refractivity (Wildman–Crippen MR) is 494 cm³/mol. The minimum absolute atomic E-state index is 0. The molecule has 17 heteroatoms. The lowest BCUT2D eigenvalue weighted by molar-refractivity contribution is -0.199. The predicted octanol–water partition coefficient (Wildman–Crippen LogP) is 22.6. The van der Waals surface area contributed by atoms with Crippen LogP contribution in [0.5, 0.6) is 0 Å². The number of hydrogen-bond donors (Lipinski definition) is 4. The van der Waals surface area contributed by atoms with Gasteiger partial charge in [0.15, 0.2) is 0 Å². The van der Waals surface area contributed by atoms with Crippen molar-refractivity contribution in [1.29, 1.82) is 0 Å². The van der Waals surface area contributed by atoms with Gasteiger partial charge < -0.3 is 40.7 Å². The van der Waals surface area contributed by atoms with Crippen molar-refractivity contribution in [3.8, 4) is 44.5 Å². The maximum Gasteiger partial charge on any atom is 0.481 e. The molecule has 1 aliphatic heterocycles. The van der Waals surface area contributed by atoms with Crippen LogP contribution in [0, 0.1) is 64.6 Å². The van der Waals surface area contributed by atoms with E-state index in [-0.39, 0.29) is 139 Å². The van der Waals surface area contributed by atoms with Crippen molar-refractivity contribution in [2.75, 3.05) is 13.2 Å². The highest BCUT2D eigenvalue weighted by Gasteiger charge is 2.68. The number of carboxylic acids is 1. The number of halogens is 1. The van der Waals surface area contributed by atoms with Gasteiger partial charge in [-0.3, -0.25) is 33.6 Å². The fraction of sp³-hybridized carbons (Fsp3) is 0.476. The quantitative estimate of drug-likeness (QED) is 0.0242. The first kappa shape index (κ1) is 96.7. The van der Waals surface area contributed by atoms with Crippen LogP contribution in [0.1, 0.15) is 263 Å². The average Bonchev–Trinajstić information content (AvgIpc) is 1.43. The summed E-state index contributed by atoms with van der Waals surface area (Å²) in [5.41, 5.74) is 31.1. The molecule has 7 aliphatic carbocycles. The molecule has 16 rings (SSSR count). The van der Waals surface area contributed by atoms with E-state index in [0.717, 1.165) is 12.8 Å². The van der Waals surface area contributed by atoms with E-state index >= 15 is 0 Å². The smallest absolute Gasteiger partial charge is 0.481 e. The van der Waals surface area contributed by atoms with E-state index < -0.39 is 25.0 Å². The van der Waals surface area contributed by atoms with E-state index in [9.17, 15) is 38.7 Å². The van der Waals surface area contributed by atoms with E-state index in [1.165, 1.54) is 95.4 Å². The lowest BCUT2D eigenvalue weighted by atomic mass is 9.43. The first-order valence-electron chi connectivity index (χ1n) is 44.3. The number of carbonyl (C=O) groups excluding carboxylic acids is 6. The Morgan fingerprint density at radius 3 is 1.08 bits per heavy atom. The third-order valence-corrected chi connectivity index (χ3v) is 25.8. The summed E-state index contributed by atoms with van der Waals surface area (Å²) >= 11 is 0. The molecule has 8 aromatic rings. The van der Waals surface area contributed by atoms with Gasteiger partial charge in [0.25, 0.3) is 0 Å². The van der Waals surface area contributed by atoms with Crippen LogP contribution in [-0.4, -0.2) is 90.3 Å². The number of ketones is 3. The number of amides is 1. The number of fused-ring (bicyclic) bond motifs is 12. The molecule has 3 saturated carbocycles. The molecule has 8 aliphatic rings. The zero-order valence-corrected chi connectivity index (χ0v) is 74.8. The van der Waals surface area contributed by atoms with Crippen molar-refractivity contribution in [2.45, 2.75) is 242 Å². The highest BCUT2D eigenvalue weighted by atomic mass is 35.5. The van der Waals surface area contributed by atoms with E-state index in [1.807, 2.05) is 88.4 Å².